The molecule has 1 aromatic carbocycles. The molecule has 0 bridgehead atoms. The summed E-state index contributed by atoms with van der Waals surface area (Å²) in [7, 11) is -0.715. The zero-order valence-corrected chi connectivity index (χ0v) is 17.8. The van der Waals surface area contributed by atoms with E-state index in [0.717, 1.165) is 0 Å². The van der Waals surface area contributed by atoms with Gasteiger partial charge in [-0.2, -0.15) is 0 Å². The maximum Gasteiger partial charge on any atom is 0.355 e. The van der Waals surface area contributed by atoms with Crippen molar-refractivity contribution in [3.05, 3.63) is 55.0 Å². The Balaban J connectivity index is 1.47. The molecule has 31 heavy (non-hydrogen) atoms. The zero-order chi connectivity index (χ0) is 21.8. The van der Waals surface area contributed by atoms with Crippen LogP contribution < -0.4 is 5.32 Å². The highest BCUT2D eigenvalue weighted by molar-refractivity contribution is 7.53. The van der Waals surface area contributed by atoms with Crippen molar-refractivity contribution in [3.63, 3.8) is 0 Å². The molecular weight excluding hydrogens is 425 g/mol. The van der Waals surface area contributed by atoms with Crippen LogP contribution in [-0.4, -0.2) is 52.3 Å². The van der Waals surface area contributed by atoms with Gasteiger partial charge < -0.3 is 23.8 Å². The molecule has 1 fully saturated rings. The molecule has 1 aliphatic heterocycles. The Morgan fingerprint density at radius 1 is 1.23 bits per heavy atom. The first-order valence-corrected chi connectivity index (χ1v) is 11.1. The Morgan fingerprint density at radius 3 is 2.74 bits per heavy atom. The minimum Gasteiger partial charge on any atom is -0.340 e. The van der Waals surface area contributed by atoms with E-state index in [1.54, 1.807) is 41.6 Å². The average molecular weight is 446 g/mol. The topological polar surface area (TPSA) is 127 Å². The third kappa shape index (κ3) is 4.65. The minimum atomic E-state index is -3.30. The van der Waals surface area contributed by atoms with Gasteiger partial charge in [-0.3, -0.25) is 13.9 Å². The largest absolute Gasteiger partial charge is 0.355 e. The minimum absolute atomic E-state index is 0.240. The van der Waals surface area contributed by atoms with E-state index in [2.05, 4.69) is 20.3 Å². The van der Waals surface area contributed by atoms with Gasteiger partial charge in [0.15, 0.2) is 29.6 Å². The number of rotatable bonds is 8. The summed E-state index contributed by atoms with van der Waals surface area (Å²) < 4.78 is 34.9. The molecule has 1 saturated heterocycles. The first kappa shape index (κ1) is 21.5. The fraction of sp³-hybridized carbons (Fsp3) is 0.316. The zero-order valence-electron chi connectivity index (χ0n) is 16.9. The normalized spacial score (nSPS) is 19.0. The van der Waals surface area contributed by atoms with Crippen molar-refractivity contribution in [2.24, 2.45) is 0 Å². The van der Waals surface area contributed by atoms with E-state index in [4.69, 9.17) is 18.5 Å². The molecule has 163 valence electrons. The van der Waals surface area contributed by atoms with E-state index in [1.807, 2.05) is 6.07 Å². The molecule has 2 atom stereocenters. The second-order valence-corrected chi connectivity index (χ2v) is 8.78. The maximum absolute atomic E-state index is 12.5. The first-order valence-electron chi connectivity index (χ1n) is 9.38. The number of imidazole rings is 1. The molecule has 3 aromatic rings. The number of carbonyl (C=O) groups excluding carboxylic acids is 1. The number of ether oxygens (including phenoxy) is 2. The summed E-state index contributed by atoms with van der Waals surface area (Å²) in [5.74, 6) is 0.00304. The second kappa shape index (κ2) is 9.21. The Kier molecular flexibility index (Phi) is 6.40. The summed E-state index contributed by atoms with van der Waals surface area (Å²) in [5.41, 5.74) is 1.44. The summed E-state index contributed by atoms with van der Waals surface area (Å²) in [5, 5.41) is 2.77. The fourth-order valence-electron chi connectivity index (χ4n) is 3.05. The number of nitrogens with zero attached hydrogens (tertiary/aromatic N) is 4. The number of amides is 1. The Hall–Kier alpha value is -2.69. The van der Waals surface area contributed by atoms with Crippen molar-refractivity contribution in [3.8, 4) is 0 Å². The molecule has 1 amide bonds. The number of carbonyl (C=O) groups is 1. The standard InChI is InChI=1S/C19H21N5O6P/c1-27-31(26,28-2)12-29-15-9-8-14(30-15)24-11-22-16-17(20-10-21-18(16)24)23-19(25)13-6-4-3-5-7-13/h3-7,9-11,14-15H,8,12H2,1-2H3,(H,20,21,23,25)/t14-,15+/m1/s1. The van der Waals surface area contributed by atoms with Crippen molar-refractivity contribution < 1.29 is 27.9 Å². The van der Waals surface area contributed by atoms with Crippen LogP contribution in [0.5, 0.6) is 0 Å². The summed E-state index contributed by atoms with van der Waals surface area (Å²) in [6, 6.07) is 8.81. The smallest absolute Gasteiger partial charge is 0.340 e. The molecule has 3 heterocycles. The number of fused-ring (bicyclic) bond motifs is 1. The lowest BCUT2D eigenvalue weighted by atomic mass is 10.2. The maximum atomic E-state index is 12.5. The van der Waals surface area contributed by atoms with Crippen LogP contribution in [0.4, 0.5) is 5.82 Å². The lowest BCUT2D eigenvalue weighted by molar-refractivity contribution is -0.129. The first-order chi connectivity index (χ1) is 15.0. The predicted octanol–water partition coefficient (Wildman–Crippen LogP) is 2.99. The van der Waals surface area contributed by atoms with Crippen LogP contribution in [0.15, 0.2) is 43.0 Å². The lowest BCUT2D eigenvalue weighted by Gasteiger charge is -2.18. The van der Waals surface area contributed by atoms with Gasteiger partial charge in [-0.1, -0.05) is 18.2 Å². The Morgan fingerprint density at radius 2 is 2.00 bits per heavy atom. The van der Waals surface area contributed by atoms with E-state index in [-0.39, 0.29) is 12.3 Å². The molecule has 1 radical (unpaired) electrons. The second-order valence-electron chi connectivity index (χ2n) is 6.57. The molecule has 0 aliphatic carbocycles. The number of hydrogen-bond donors (Lipinski definition) is 1. The molecule has 2 aromatic heterocycles. The van der Waals surface area contributed by atoms with Crippen LogP contribution in [0, 0.1) is 6.42 Å². The van der Waals surface area contributed by atoms with E-state index in [9.17, 15) is 9.36 Å². The third-order valence-corrected chi connectivity index (χ3v) is 6.29. The van der Waals surface area contributed by atoms with Gasteiger partial charge in [-0.25, -0.2) is 15.0 Å². The van der Waals surface area contributed by atoms with Gasteiger partial charge in [0.2, 0.25) is 0 Å². The fourth-order valence-corrected chi connectivity index (χ4v) is 3.74. The van der Waals surface area contributed by atoms with Gasteiger partial charge in [-0.05, 0) is 12.1 Å². The van der Waals surface area contributed by atoms with Crippen LogP contribution >= 0.6 is 7.60 Å². The molecule has 1 aliphatic rings. The summed E-state index contributed by atoms with van der Waals surface area (Å²) in [6.45, 7) is 0. The van der Waals surface area contributed by atoms with Crippen LogP contribution in [0.25, 0.3) is 11.2 Å². The van der Waals surface area contributed by atoms with Gasteiger partial charge in [-0.15, -0.1) is 0 Å². The van der Waals surface area contributed by atoms with E-state index >= 15 is 0 Å². The van der Waals surface area contributed by atoms with Crippen molar-refractivity contribution in [2.75, 3.05) is 25.9 Å². The van der Waals surface area contributed by atoms with Gasteiger partial charge in [0.25, 0.3) is 5.91 Å². The lowest BCUT2D eigenvalue weighted by Crippen LogP contribution is -2.16. The molecule has 0 unspecified atom stereocenters. The molecular formula is C19H21N5O6P. The molecule has 4 rings (SSSR count). The van der Waals surface area contributed by atoms with Crippen molar-refractivity contribution in [1.29, 1.82) is 0 Å². The van der Waals surface area contributed by atoms with Gasteiger partial charge in [0, 0.05) is 32.6 Å². The van der Waals surface area contributed by atoms with Crippen LogP contribution in [-0.2, 0) is 23.1 Å². The summed E-state index contributed by atoms with van der Waals surface area (Å²) in [6.07, 6.45) is 3.85. The van der Waals surface area contributed by atoms with Crippen molar-refractivity contribution >= 4 is 30.5 Å². The molecule has 1 N–H and O–H groups in total. The quantitative estimate of drug-likeness (QED) is 0.520. The highest BCUT2D eigenvalue weighted by atomic mass is 31.2. The van der Waals surface area contributed by atoms with Crippen molar-refractivity contribution in [2.45, 2.75) is 18.9 Å². The Bertz CT molecular complexity index is 1100. The number of aromatic nitrogens is 4. The van der Waals surface area contributed by atoms with Gasteiger partial charge >= 0.3 is 7.60 Å². The third-order valence-electron chi connectivity index (χ3n) is 4.71. The highest BCUT2D eigenvalue weighted by Crippen LogP contribution is 2.47. The molecule has 11 nitrogen and oxygen atoms in total. The Labute approximate surface area is 178 Å². The number of nitrogens with one attached hydrogen (secondary N) is 1. The average Bonchev–Trinajstić information content (AvgIpc) is 3.45. The summed E-state index contributed by atoms with van der Waals surface area (Å²) in [4.78, 5) is 25.3. The SMILES string of the molecule is COP(=O)(CO[C@@H]1[CH]C[C@H](n2cnc3c(NC(=O)c4ccccc4)ncnc32)O1)OC. The molecule has 0 spiro atoms. The van der Waals surface area contributed by atoms with Gasteiger partial charge in [0.05, 0.1) is 6.33 Å². The summed E-state index contributed by atoms with van der Waals surface area (Å²) >= 11 is 0. The van der Waals surface area contributed by atoms with E-state index in [0.29, 0.717) is 29.0 Å². The predicted molar refractivity (Wildman–Crippen MR) is 110 cm³/mol. The van der Waals surface area contributed by atoms with E-state index < -0.39 is 20.1 Å². The monoisotopic (exact) mass is 446 g/mol. The van der Waals surface area contributed by atoms with Gasteiger partial charge in [0.1, 0.15) is 12.6 Å². The molecule has 0 saturated carbocycles. The number of benzene rings is 1. The highest BCUT2D eigenvalue weighted by Gasteiger charge is 2.32. The molecule has 12 heteroatoms. The number of hydrogen-bond acceptors (Lipinski definition) is 9. The van der Waals surface area contributed by atoms with Crippen molar-refractivity contribution in [1.82, 2.24) is 19.5 Å². The van der Waals surface area contributed by atoms with Crippen LogP contribution in [0.3, 0.4) is 0 Å². The van der Waals surface area contributed by atoms with Crippen LogP contribution in [0.1, 0.15) is 23.0 Å². The van der Waals surface area contributed by atoms with E-state index in [1.165, 1.54) is 20.5 Å². The number of anilines is 1. The van der Waals surface area contributed by atoms with Crippen LogP contribution in [0.2, 0.25) is 0 Å².